The van der Waals surface area contributed by atoms with Crippen molar-refractivity contribution in [1.82, 2.24) is 0 Å². The molecule has 10 heteroatoms. The van der Waals surface area contributed by atoms with Gasteiger partial charge in [0.05, 0.1) is 13.0 Å². The molecule has 126 valence electrons. The topological polar surface area (TPSA) is 89.6 Å². The summed E-state index contributed by atoms with van der Waals surface area (Å²) < 4.78 is 61.4. The molecule has 5 nitrogen and oxygen atoms in total. The molecular formula is C12H14F5NO4. The van der Waals surface area contributed by atoms with Gasteiger partial charge in [-0.1, -0.05) is 0 Å². The summed E-state index contributed by atoms with van der Waals surface area (Å²) in [6, 6.07) is -0.328. The number of allylic oxidation sites excluding steroid dienone is 1. The van der Waals surface area contributed by atoms with Gasteiger partial charge >= 0.3 is 18.1 Å². The summed E-state index contributed by atoms with van der Waals surface area (Å²) in [4.78, 5) is 20.3. The van der Waals surface area contributed by atoms with Crippen LogP contribution in [0, 0.1) is 17.8 Å². The van der Waals surface area contributed by atoms with E-state index in [-0.39, 0.29) is 17.5 Å². The number of carboxylic acids is 1. The molecule has 0 amide bonds. The number of aliphatic carboxylic acids is 1. The molecule has 0 heterocycles. The van der Waals surface area contributed by atoms with Crippen LogP contribution in [0.3, 0.4) is 0 Å². The monoisotopic (exact) mass is 331 g/mol. The van der Waals surface area contributed by atoms with Gasteiger partial charge in [0.1, 0.15) is 0 Å². The lowest BCUT2D eigenvalue weighted by Gasteiger charge is -2.27. The number of carbonyl (C=O) groups excluding carboxylic acids is 1. The standard InChI is InChI=1S/C10H13F2NO2.C2HF3O2/c1-15-10(14)7-5-2-4(8(7)13)3-6(5)9(11)12;3-2(4,5)1(6)7/h4-5,7-8H,2-3,13H2,1H3;(H,6,7)/t4-,5+,7+,8-;/m1./s1. The Bertz CT molecular complexity index is 486. The molecule has 22 heavy (non-hydrogen) atoms. The van der Waals surface area contributed by atoms with Crippen molar-refractivity contribution >= 4 is 11.9 Å². The number of methoxy groups -OCH3 is 1. The Morgan fingerprint density at radius 1 is 1.32 bits per heavy atom. The third-order valence-corrected chi connectivity index (χ3v) is 3.84. The zero-order valence-electron chi connectivity index (χ0n) is 11.4. The molecule has 0 aromatic heterocycles. The predicted molar refractivity (Wildman–Crippen MR) is 62.6 cm³/mol. The van der Waals surface area contributed by atoms with Crippen LogP contribution in [0.15, 0.2) is 11.7 Å². The van der Waals surface area contributed by atoms with E-state index >= 15 is 0 Å². The van der Waals surface area contributed by atoms with Crippen LogP contribution in [0.4, 0.5) is 22.0 Å². The number of esters is 1. The zero-order chi connectivity index (χ0) is 17.2. The van der Waals surface area contributed by atoms with E-state index in [4.69, 9.17) is 15.6 Å². The van der Waals surface area contributed by atoms with Crippen LogP contribution in [0.2, 0.25) is 0 Å². The molecule has 2 rings (SSSR count). The van der Waals surface area contributed by atoms with Crippen molar-refractivity contribution in [3.8, 4) is 0 Å². The minimum Gasteiger partial charge on any atom is -0.475 e. The average Bonchev–Trinajstić information content (AvgIpc) is 2.95. The number of rotatable bonds is 1. The van der Waals surface area contributed by atoms with E-state index in [0.717, 1.165) is 0 Å². The van der Waals surface area contributed by atoms with E-state index in [1.165, 1.54) is 7.11 Å². The van der Waals surface area contributed by atoms with Gasteiger partial charge in [-0.05, 0) is 24.3 Å². The van der Waals surface area contributed by atoms with Gasteiger partial charge in [0, 0.05) is 12.0 Å². The molecular weight excluding hydrogens is 317 g/mol. The first-order chi connectivity index (χ1) is 10.0. The number of hydrogen-bond donors (Lipinski definition) is 2. The molecule has 2 aliphatic carbocycles. The lowest BCUT2D eigenvalue weighted by atomic mass is 9.82. The van der Waals surface area contributed by atoms with Crippen LogP contribution in [0.1, 0.15) is 12.8 Å². The van der Waals surface area contributed by atoms with Gasteiger partial charge in [-0.2, -0.15) is 22.0 Å². The van der Waals surface area contributed by atoms with Crippen molar-refractivity contribution in [3.63, 3.8) is 0 Å². The van der Waals surface area contributed by atoms with Crippen LogP contribution in [0.5, 0.6) is 0 Å². The van der Waals surface area contributed by atoms with E-state index in [1.807, 2.05) is 0 Å². The lowest BCUT2D eigenvalue weighted by Crippen LogP contribution is -2.41. The predicted octanol–water partition coefficient (Wildman–Crippen LogP) is 1.93. The second kappa shape index (κ2) is 6.59. The van der Waals surface area contributed by atoms with E-state index in [9.17, 15) is 26.7 Å². The highest BCUT2D eigenvalue weighted by Crippen LogP contribution is 2.52. The first-order valence-corrected chi connectivity index (χ1v) is 6.18. The number of halogens is 5. The number of carbonyl (C=O) groups is 2. The molecule has 0 spiro atoms. The van der Waals surface area contributed by atoms with Gasteiger partial charge in [-0.15, -0.1) is 0 Å². The molecule has 2 fully saturated rings. The normalized spacial score (nSPS) is 29.7. The summed E-state index contributed by atoms with van der Waals surface area (Å²) in [5.41, 5.74) is 5.94. The second-order valence-corrected chi connectivity index (χ2v) is 5.02. The van der Waals surface area contributed by atoms with Gasteiger partial charge in [0.2, 0.25) is 0 Å². The lowest BCUT2D eigenvalue weighted by molar-refractivity contribution is -0.192. The van der Waals surface area contributed by atoms with Crippen molar-refractivity contribution in [2.75, 3.05) is 7.11 Å². The second-order valence-electron chi connectivity index (χ2n) is 5.02. The summed E-state index contributed by atoms with van der Waals surface area (Å²) in [5.74, 6) is -4.19. The highest BCUT2D eigenvalue weighted by molar-refractivity contribution is 5.75. The van der Waals surface area contributed by atoms with E-state index in [1.54, 1.807) is 0 Å². The van der Waals surface area contributed by atoms with Crippen LogP contribution in [-0.4, -0.2) is 36.4 Å². The summed E-state index contributed by atoms with van der Waals surface area (Å²) in [7, 11) is 1.26. The van der Waals surface area contributed by atoms with Crippen molar-refractivity contribution < 1.29 is 41.4 Å². The first-order valence-electron chi connectivity index (χ1n) is 6.18. The Morgan fingerprint density at radius 3 is 2.14 bits per heavy atom. The van der Waals surface area contributed by atoms with Crippen molar-refractivity contribution in [3.05, 3.63) is 11.7 Å². The van der Waals surface area contributed by atoms with Gasteiger partial charge in [-0.25, -0.2) is 4.79 Å². The fourth-order valence-corrected chi connectivity index (χ4v) is 2.88. The zero-order valence-corrected chi connectivity index (χ0v) is 11.4. The first kappa shape index (κ1) is 18.3. The van der Waals surface area contributed by atoms with Crippen LogP contribution in [-0.2, 0) is 14.3 Å². The van der Waals surface area contributed by atoms with Crippen molar-refractivity contribution in [2.24, 2.45) is 23.5 Å². The maximum Gasteiger partial charge on any atom is 0.490 e. The van der Waals surface area contributed by atoms with Crippen LogP contribution < -0.4 is 5.73 Å². The molecule has 0 aromatic rings. The van der Waals surface area contributed by atoms with E-state index < -0.39 is 36.0 Å². The molecule has 0 saturated heterocycles. The summed E-state index contributed by atoms with van der Waals surface area (Å²) in [6.07, 6.45) is -5.81. The SMILES string of the molecule is COC(=O)[C@@H]1[C@H](N)[C@H]2CC(=C(F)F)[C@@H]1C2.O=C(O)C(F)(F)F. The third kappa shape index (κ3) is 3.73. The maximum absolute atomic E-state index is 12.6. The molecule has 0 aromatic carbocycles. The Balaban J connectivity index is 0.000000295. The van der Waals surface area contributed by atoms with Gasteiger partial charge in [0.25, 0.3) is 6.08 Å². The number of hydrogen-bond acceptors (Lipinski definition) is 4. The largest absolute Gasteiger partial charge is 0.490 e. The van der Waals surface area contributed by atoms with Gasteiger partial charge < -0.3 is 15.6 Å². The molecule has 0 unspecified atom stereocenters. The molecule has 0 aliphatic heterocycles. The minimum atomic E-state index is -5.08. The highest BCUT2D eigenvalue weighted by atomic mass is 19.4. The Morgan fingerprint density at radius 2 is 1.82 bits per heavy atom. The highest BCUT2D eigenvalue weighted by Gasteiger charge is 2.53. The van der Waals surface area contributed by atoms with Gasteiger partial charge in [-0.3, -0.25) is 4.79 Å². The van der Waals surface area contributed by atoms with Crippen LogP contribution in [0.25, 0.3) is 0 Å². The Hall–Kier alpha value is -1.71. The van der Waals surface area contributed by atoms with Crippen molar-refractivity contribution in [2.45, 2.75) is 25.1 Å². The van der Waals surface area contributed by atoms with E-state index in [2.05, 4.69) is 4.74 Å². The van der Waals surface area contributed by atoms with Crippen molar-refractivity contribution in [1.29, 1.82) is 0 Å². The molecule has 2 aliphatic rings. The van der Waals surface area contributed by atoms with Crippen LogP contribution >= 0.6 is 0 Å². The van der Waals surface area contributed by atoms with E-state index in [0.29, 0.717) is 12.8 Å². The molecule has 3 N–H and O–H groups in total. The quantitative estimate of drug-likeness (QED) is 0.566. The Labute approximate surface area is 121 Å². The maximum atomic E-state index is 12.6. The number of alkyl halides is 3. The summed E-state index contributed by atoms with van der Waals surface area (Å²) in [5, 5.41) is 7.12. The number of fused-ring (bicyclic) bond motifs is 2. The third-order valence-electron chi connectivity index (χ3n) is 3.84. The summed E-state index contributed by atoms with van der Waals surface area (Å²) in [6.45, 7) is 0. The fourth-order valence-electron chi connectivity index (χ4n) is 2.88. The summed E-state index contributed by atoms with van der Waals surface area (Å²) >= 11 is 0. The van der Waals surface area contributed by atoms with Gasteiger partial charge in [0.15, 0.2) is 0 Å². The molecule has 0 radical (unpaired) electrons. The molecule has 2 bridgehead atoms. The molecule has 4 atom stereocenters. The number of carboxylic acid groups (broad SMARTS) is 1. The Kier molecular flexibility index (Phi) is 5.49. The smallest absolute Gasteiger partial charge is 0.475 e. The fraction of sp³-hybridized carbons (Fsp3) is 0.667. The number of ether oxygens (including phenoxy) is 1. The average molecular weight is 331 g/mol. The minimum absolute atomic E-state index is 0.00981. The number of nitrogens with two attached hydrogens (primary N) is 1. The molecule has 2 saturated carbocycles.